The van der Waals surface area contributed by atoms with Gasteiger partial charge in [0.25, 0.3) is 0 Å². The van der Waals surface area contributed by atoms with Crippen LogP contribution < -0.4 is 5.73 Å². The predicted octanol–water partition coefficient (Wildman–Crippen LogP) is -1.85. The van der Waals surface area contributed by atoms with Gasteiger partial charge in [0.1, 0.15) is 6.10 Å². The molecule has 0 saturated heterocycles. The lowest BCUT2D eigenvalue weighted by Gasteiger charge is -2.07. The minimum Gasteiger partial charge on any atom is -0.465 e. The van der Waals surface area contributed by atoms with E-state index in [0.29, 0.717) is 0 Å². The first-order chi connectivity index (χ1) is 4.09. The summed E-state index contributed by atoms with van der Waals surface area (Å²) in [4.78, 5) is 10.5. The SMILES string of the molecule is COC(=O)[C@@H]([NH3+])[C@@H](C)O. The van der Waals surface area contributed by atoms with Gasteiger partial charge < -0.3 is 15.6 Å². The second kappa shape index (κ2) is 3.42. The Kier molecular flexibility index (Phi) is 3.19. The van der Waals surface area contributed by atoms with E-state index in [2.05, 4.69) is 10.5 Å². The average molecular weight is 134 g/mol. The van der Waals surface area contributed by atoms with Crippen molar-refractivity contribution in [1.82, 2.24) is 0 Å². The largest absolute Gasteiger partial charge is 0.465 e. The lowest BCUT2D eigenvalue weighted by molar-refractivity contribution is -0.423. The van der Waals surface area contributed by atoms with E-state index in [-0.39, 0.29) is 0 Å². The van der Waals surface area contributed by atoms with E-state index in [1.165, 1.54) is 14.0 Å². The Labute approximate surface area is 53.6 Å². The van der Waals surface area contributed by atoms with Gasteiger partial charge in [-0.1, -0.05) is 0 Å². The summed E-state index contributed by atoms with van der Waals surface area (Å²) in [6.45, 7) is 1.49. The first-order valence-corrected chi connectivity index (χ1v) is 2.68. The van der Waals surface area contributed by atoms with Gasteiger partial charge >= 0.3 is 5.97 Å². The minimum atomic E-state index is -0.738. The maximum absolute atomic E-state index is 10.5. The van der Waals surface area contributed by atoms with Crippen LogP contribution in [0.5, 0.6) is 0 Å². The highest BCUT2D eigenvalue weighted by Gasteiger charge is 2.22. The van der Waals surface area contributed by atoms with Crippen LogP contribution in [0.15, 0.2) is 0 Å². The molecule has 0 unspecified atom stereocenters. The van der Waals surface area contributed by atoms with E-state index in [0.717, 1.165) is 0 Å². The van der Waals surface area contributed by atoms with Crippen molar-refractivity contribution in [3.8, 4) is 0 Å². The zero-order valence-corrected chi connectivity index (χ0v) is 5.63. The molecule has 2 atom stereocenters. The number of ether oxygens (including phenoxy) is 1. The number of carbonyl (C=O) groups excluding carboxylic acids is 1. The fourth-order valence-electron chi connectivity index (χ4n) is 0.348. The molecule has 0 aliphatic rings. The third kappa shape index (κ3) is 2.43. The lowest BCUT2D eigenvalue weighted by atomic mass is 10.2. The first kappa shape index (κ1) is 8.39. The Bertz CT molecular complexity index is 102. The van der Waals surface area contributed by atoms with E-state index in [9.17, 15) is 4.79 Å². The number of carbonyl (C=O) groups is 1. The Balaban J connectivity index is 3.72. The standard InChI is InChI=1S/C5H11NO3/c1-3(7)4(6)5(8)9-2/h3-4,7H,6H2,1-2H3/p+1/t3-,4+/m1/s1. The van der Waals surface area contributed by atoms with Crippen LogP contribution in [0.2, 0.25) is 0 Å². The van der Waals surface area contributed by atoms with Gasteiger partial charge in [0.15, 0.2) is 0 Å². The number of aliphatic hydroxyl groups excluding tert-OH is 1. The fraction of sp³-hybridized carbons (Fsp3) is 0.800. The number of methoxy groups -OCH3 is 1. The van der Waals surface area contributed by atoms with Crippen molar-refractivity contribution in [3.05, 3.63) is 0 Å². The summed E-state index contributed by atoms with van der Waals surface area (Å²) in [5, 5.41) is 8.76. The van der Waals surface area contributed by atoms with Crippen molar-refractivity contribution in [3.63, 3.8) is 0 Å². The van der Waals surface area contributed by atoms with E-state index in [1.807, 2.05) is 0 Å². The second-order valence-corrected chi connectivity index (χ2v) is 1.87. The molecule has 0 aromatic heterocycles. The zero-order valence-electron chi connectivity index (χ0n) is 5.63. The number of esters is 1. The topological polar surface area (TPSA) is 74.2 Å². The normalized spacial score (nSPS) is 16.4. The molecule has 4 heteroatoms. The summed E-state index contributed by atoms with van der Waals surface area (Å²) in [6, 6.07) is -0.671. The summed E-state index contributed by atoms with van der Waals surface area (Å²) < 4.78 is 4.31. The highest BCUT2D eigenvalue weighted by molar-refractivity contribution is 5.74. The van der Waals surface area contributed by atoms with Gasteiger partial charge in [0.2, 0.25) is 6.04 Å². The van der Waals surface area contributed by atoms with Crippen LogP contribution in [-0.4, -0.2) is 30.3 Å². The molecule has 4 N–H and O–H groups in total. The number of hydrogen-bond donors (Lipinski definition) is 2. The molecular formula is C5H12NO3+. The van der Waals surface area contributed by atoms with Crippen LogP contribution in [0.1, 0.15) is 6.92 Å². The Hall–Kier alpha value is -0.610. The van der Waals surface area contributed by atoms with Crippen LogP contribution in [0, 0.1) is 0 Å². The third-order valence-electron chi connectivity index (χ3n) is 1.09. The molecule has 54 valence electrons. The molecule has 0 saturated carbocycles. The van der Waals surface area contributed by atoms with Crippen LogP contribution in [0.3, 0.4) is 0 Å². The Morgan fingerprint density at radius 1 is 1.78 bits per heavy atom. The van der Waals surface area contributed by atoms with Gasteiger partial charge in [-0.25, -0.2) is 4.79 Å². The minimum absolute atomic E-state index is 0.481. The maximum Gasteiger partial charge on any atom is 0.367 e. The van der Waals surface area contributed by atoms with Crippen molar-refractivity contribution in [2.24, 2.45) is 0 Å². The van der Waals surface area contributed by atoms with E-state index in [1.54, 1.807) is 0 Å². The smallest absolute Gasteiger partial charge is 0.367 e. The number of aliphatic hydroxyl groups is 1. The number of hydrogen-bond acceptors (Lipinski definition) is 3. The number of rotatable bonds is 2. The molecule has 0 aromatic rings. The third-order valence-corrected chi connectivity index (χ3v) is 1.09. The van der Waals surface area contributed by atoms with Crippen molar-refractivity contribution in [1.29, 1.82) is 0 Å². The van der Waals surface area contributed by atoms with Crippen molar-refractivity contribution < 1.29 is 20.4 Å². The highest BCUT2D eigenvalue weighted by Crippen LogP contribution is 1.87. The summed E-state index contributed by atoms with van der Waals surface area (Å²) in [5.74, 6) is -0.481. The van der Waals surface area contributed by atoms with Gasteiger partial charge in [0.05, 0.1) is 7.11 Å². The molecule has 0 aliphatic heterocycles. The maximum atomic E-state index is 10.5. The van der Waals surface area contributed by atoms with Crippen LogP contribution in [-0.2, 0) is 9.53 Å². The molecule has 0 aliphatic carbocycles. The monoisotopic (exact) mass is 134 g/mol. The van der Waals surface area contributed by atoms with Crippen molar-refractivity contribution in [2.75, 3.05) is 7.11 Å². The molecule has 0 bridgehead atoms. The predicted molar refractivity (Wildman–Crippen MR) is 30.4 cm³/mol. The molecule has 9 heavy (non-hydrogen) atoms. The van der Waals surface area contributed by atoms with Gasteiger partial charge in [-0.15, -0.1) is 0 Å². The molecule has 0 radical (unpaired) electrons. The summed E-state index contributed by atoms with van der Waals surface area (Å²) in [7, 11) is 1.27. The van der Waals surface area contributed by atoms with Crippen LogP contribution in [0.25, 0.3) is 0 Å². The Morgan fingerprint density at radius 2 is 2.22 bits per heavy atom. The van der Waals surface area contributed by atoms with Crippen molar-refractivity contribution in [2.45, 2.75) is 19.1 Å². The van der Waals surface area contributed by atoms with Crippen LogP contribution in [0.4, 0.5) is 0 Å². The van der Waals surface area contributed by atoms with E-state index in [4.69, 9.17) is 5.11 Å². The van der Waals surface area contributed by atoms with Crippen molar-refractivity contribution >= 4 is 5.97 Å². The molecule has 0 fully saturated rings. The highest BCUT2D eigenvalue weighted by atomic mass is 16.5. The van der Waals surface area contributed by atoms with Gasteiger partial charge in [-0.3, -0.25) is 0 Å². The number of quaternary nitrogens is 1. The molecular weight excluding hydrogens is 122 g/mol. The van der Waals surface area contributed by atoms with Gasteiger partial charge in [-0.2, -0.15) is 0 Å². The first-order valence-electron chi connectivity index (χ1n) is 2.68. The molecule has 0 heterocycles. The lowest BCUT2D eigenvalue weighted by Crippen LogP contribution is -2.69. The molecule has 0 amide bonds. The van der Waals surface area contributed by atoms with E-state index < -0.39 is 18.1 Å². The molecule has 0 spiro atoms. The average Bonchev–Trinajstić information content (AvgIpc) is 1.84. The van der Waals surface area contributed by atoms with E-state index >= 15 is 0 Å². The summed E-state index contributed by atoms with van der Waals surface area (Å²) >= 11 is 0. The quantitative estimate of drug-likeness (QED) is 0.435. The van der Waals surface area contributed by atoms with Gasteiger partial charge in [-0.05, 0) is 6.92 Å². The fourth-order valence-corrected chi connectivity index (χ4v) is 0.348. The summed E-state index contributed by atoms with van der Waals surface area (Å²) in [6.07, 6.45) is -0.738. The molecule has 4 nitrogen and oxygen atoms in total. The summed E-state index contributed by atoms with van der Waals surface area (Å²) in [5.41, 5.74) is 3.38. The second-order valence-electron chi connectivity index (χ2n) is 1.87. The zero-order chi connectivity index (χ0) is 7.44. The van der Waals surface area contributed by atoms with Gasteiger partial charge in [0, 0.05) is 0 Å². The van der Waals surface area contributed by atoms with Crippen LogP contribution >= 0.6 is 0 Å². The molecule has 0 rings (SSSR count). The Morgan fingerprint density at radius 3 is 2.33 bits per heavy atom. The molecule has 0 aromatic carbocycles.